The largest absolute Gasteiger partial charge is 0.488 e. The molecule has 0 aliphatic carbocycles. The van der Waals surface area contributed by atoms with E-state index in [4.69, 9.17) is 16.3 Å². The van der Waals surface area contributed by atoms with E-state index in [1.165, 1.54) is 24.3 Å². The Labute approximate surface area is 209 Å². The van der Waals surface area contributed by atoms with Crippen molar-refractivity contribution in [2.24, 2.45) is 0 Å². The minimum absolute atomic E-state index is 0.0349. The number of aryl methyl sites for hydroxylation is 1. The zero-order chi connectivity index (χ0) is 25.4. The zero-order valence-corrected chi connectivity index (χ0v) is 20.9. The number of hydrogen-bond acceptors (Lipinski definition) is 4. The Morgan fingerprint density at radius 1 is 1.11 bits per heavy atom. The van der Waals surface area contributed by atoms with E-state index in [1.54, 1.807) is 36.4 Å². The number of fused-ring (bicyclic) bond motifs is 1. The molecule has 0 bridgehead atoms. The number of hydrogen-bond donors (Lipinski definition) is 1. The van der Waals surface area contributed by atoms with Crippen molar-refractivity contribution in [2.75, 3.05) is 6.54 Å². The van der Waals surface area contributed by atoms with E-state index >= 15 is 0 Å². The lowest BCUT2D eigenvalue weighted by atomic mass is 9.94. The lowest BCUT2D eigenvalue weighted by molar-refractivity contribution is -0.137. The van der Waals surface area contributed by atoms with E-state index in [0.717, 1.165) is 16.3 Å². The van der Waals surface area contributed by atoms with Crippen LogP contribution in [0.5, 0.6) is 5.75 Å². The third kappa shape index (κ3) is 5.83. The molecule has 3 aromatic carbocycles. The van der Waals surface area contributed by atoms with Gasteiger partial charge in [0.1, 0.15) is 23.7 Å². The molecule has 1 aliphatic heterocycles. The molecule has 184 valence electrons. The first-order valence-electron chi connectivity index (χ1n) is 11.0. The highest BCUT2D eigenvalue weighted by molar-refractivity contribution is 7.89. The number of aliphatic carboxylic acids is 1. The van der Waals surface area contributed by atoms with Crippen molar-refractivity contribution in [2.45, 2.75) is 43.7 Å². The van der Waals surface area contributed by atoms with E-state index in [2.05, 4.69) is 0 Å². The van der Waals surface area contributed by atoms with E-state index in [0.29, 0.717) is 33.9 Å². The van der Waals surface area contributed by atoms with Gasteiger partial charge < -0.3 is 9.84 Å². The van der Waals surface area contributed by atoms with Crippen molar-refractivity contribution < 1.29 is 27.4 Å². The highest BCUT2D eigenvalue weighted by atomic mass is 35.5. The second kappa shape index (κ2) is 9.60. The van der Waals surface area contributed by atoms with Crippen LogP contribution >= 0.6 is 11.6 Å². The normalized spacial score (nSPS) is 14.9. The molecule has 6 nitrogen and oxygen atoms in total. The maximum Gasteiger partial charge on any atom is 0.318 e. The summed E-state index contributed by atoms with van der Waals surface area (Å²) >= 11 is 6.05. The number of benzene rings is 3. The molecule has 4 rings (SSSR count). The first kappa shape index (κ1) is 25.2. The summed E-state index contributed by atoms with van der Waals surface area (Å²) in [7, 11) is -4.20. The number of carboxylic acids is 1. The van der Waals surface area contributed by atoms with Gasteiger partial charge in [-0.2, -0.15) is 4.31 Å². The van der Waals surface area contributed by atoms with Gasteiger partial charge in [0.05, 0.1) is 4.90 Å². The monoisotopic (exact) mass is 517 g/mol. The van der Waals surface area contributed by atoms with Crippen molar-refractivity contribution in [1.29, 1.82) is 0 Å². The van der Waals surface area contributed by atoms with Crippen LogP contribution in [0, 0.1) is 5.82 Å². The Bertz CT molecular complexity index is 1390. The summed E-state index contributed by atoms with van der Waals surface area (Å²) in [6, 6.07) is 15.5. The molecule has 1 aliphatic rings. The summed E-state index contributed by atoms with van der Waals surface area (Å²) in [5.41, 5.74) is 1.87. The molecule has 0 spiro atoms. The second-order valence-electron chi connectivity index (χ2n) is 9.16. The summed E-state index contributed by atoms with van der Waals surface area (Å²) in [4.78, 5) is 11.5. The molecule has 0 saturated carbocycles. The van der Waals surface area contributed by atoms with Crippen molar-refractivity contribution in [3.63, 3.8) is 0 Å². The SMILES string of the molecule is CC1(C)CCc2cc(S(=O)(=O)N(CC(=O)O)Cc3cc(F)cc(-c4cccc(Cl)c4)c3)ccc2O1. The summed E-state index contributed by atoms with van der Waals surface area (Å²) in [5, 5.41) is 9.90. The smallest absolute Gasteiger partial charge is 0.318 e. The van der Waals surface area contributed by atoms with Crippen LogP contribution in [0.2, 0.25) is 5.02 Å². The van der Waals surface area contributed by atoms with Gasteiger partial charge in [0.2, 0.25) is 10.0 Å². The Balaban J connectivity index is 1.68. The van der Waals surface area contributed by atoms with Gasteiger partial charge in [0.25, 0.3) is 0 Å². The van der Waals surface area contributed by atoms with Crippen LogP contribution in [-0.2, 0) is 27.8 Å². The third-order valence-corrected chi connectivity index (χ3v) is 7.86. The number of sulfonamides is 1. The molecule has 35 heavy (non-hydrogen) atoms. The van der Waals surface area contributed by atoms with Crippen molar-refractivity contribution in [3.05, 3.63) is 82.6 Å². The molecule has 0 atom stereocenters. The van der Waals surface area contributed by atoms with Gasteiger partial charge >= 0.3 is 5.97 Å². The van der Waals surface area contributed by atoms with E-state index in [1.807, 2.05) is 13.8 Å². The van der Waals surface area contributed by atoms with Crippen LogP contribution in [0.4, 0.5) is 4.39 Å². The van der Waals surface area contributed by atoms with E-state index < -0.39 is 28.4 Å². The molecule has 3 aromatic rings. The fraction of sp³-hybridized carbons (Fsp3) is 0.269. The highest BCUT2D eigenvalue weighted by Gasteiger charge is 2.31. The van der Waals surface area contributed by atoms with Gasteiger partial charge in [-0.05, 0) is 97.5 Å². The number of nitrogens with zero attached hydrogens (tertiary/aromatic N) is 1. The number of rotatable bonds is 7. The Morgan fingerprint density at radius 3 is 2.60 bits per heavy atom. The minimum Gasteiger partial charge on any atom is -0.488 e. The quantitative estimate of drug-likeness (QED) is 0.446. The highest BCUT2D eigenvalue weighted by Crippen LogP contribution is 2.35. The van der Waals surface area contributed by atoms with Gasteiger partial charge in [0.15, 0.2) is 0 Å². The van der Waals surface area contributed by atoms with Crippen LogP contribution in [0.3, 0.4) is 0 Å². The number of carboxylic acid groups (broad SMARTS) is 1. The van der Waals surface area contributed by atoms with Crippen molar-refractivity contribution in [1.82, 2.24) is 4.31 Å². The molecule has 0 fully saturated rings. The zero-order valence-electron chi connectivity index (χ0n) is 19.3. The predicted molar refractivity (Wildman–Crippen MR) is 132 cm³/mol. The summed E-state index contributed by atoms with van der Waals surface area (Å²) in [6.45, 7) is 2.84. The molecule has 0 radical (unpaired) electrons. The summed E-state index contributed by atoms with van der Waals surface area (Å²) < 4.78 is 48.2. The Morgan fingerprint density at radius 2 is 1.89 bits per heavy atom. The molecular weight excluding hydrogens is 493 g/mol. The average Bonchev–Trinajstić information content (AvgIpc) is 2.77. The van der Waals surface area contributed by atoms with Gasteiger partial charge in [-0.1, -0.05) is 23.7 Å². The fourth-order valence-corrected chi connectivity index (χ4v) is 5.72. The molecule has 1 heterocycles. The molecule has 0 aromatic heterocycles. The predicted octanol–water partition coefficient (Wildman–Crippen LogP) is 5.53. The Kier molecular flexibility index (Phi) is 6.90. The fourth-order valence-electron chi connectivity index (χ4n) is 4.10. The average molecular weight is 518 g/mol. The van der Waals surface area contributed by atoms with Gasteiger partial charge in [-0.15, -0.1) is 0 Å². The summed E-state index contributed by atoms with van der Waals surface area (Å²) in [5.74, 6) is -1.27. The van der Waals surface area contributed by atoms with E-state index in [-0.39, 0.29) is 17.0 Å². The minimum atomic E-state index is -4.20. The molecule has 0 amide bonds. The number of ether oxygens (including phenoxy) is 1. The second-order valence-corrected chi connectivity index (χ2v) is 11.5. The van der Waals surface area contributed by atoms with E-state index in [9.17, 15) is 22.7 Å². The first-order valence-corrected chi connectivity index (χ1v) is 12.8. The van der Waals surface area contributed by atoms with Crippen LogP contribution in [-0.4, -0.2) is 35.9 Å². The standard InChI is InChI=1S/C26H25ClFNO5S/c1-26(2)9-8-19-14-23(6-7-24(19)34-26)35(32,33)29(16-25(30)31)15-17-10-20(13-22(28)11-17)18-4-3-5-21(27)12-18/h3-7,10-14H,8-9,15-16H2,1-2H3,(H,30,31). The van der Waals surface area contributed by atoms with Crippen LogP contribution in [0.15, 0.2) is 65.6 Å². The first-order chi connectivity index (χ1) is 16.4. The van der Waals surface area contributed by atoms with Crippen LogP contribution in [0.1, 0.15) is 31.4 Å². The molecular formula is C26H25ClFNO5S. The lowest BCUT2D eigenvalue weighted by Crippen LogP contribution is -2.36. The summed E-state index contributed by atoms with van der Waals surface area (Å²) in [6.07, 6.45) is 1.36. The molecule has 9 heteroatoms. The number of halogens is 2. The van der Waals surface area contributed by atoms with Gasteiger partial charge in [0, 0.05) is 11.6 Å². The third-order valence-electron chi connectivity index (χ3n) is 5.84. The van der Waals surface area contributed by atoms with Gasteiger partial charge in [-0.25, -0.2) is 12.8 Å². The van der Waals surface area contributed by atoms with Crippen LogP contribution in [0.25, 0.3) is 11.1 Å². The van der Waals surface area contributed by atoms with Crippen LogP contribution < -0.4 is 4.74 Å². The molecule has 0 saturated heterocycles. The number of carbonyl (C=O) groups is 1. The molecule has 1 N–H and O–H groups in total. The van der Waals surface area contributed by atoms with Crippen molar-refractivity contribution in [3.8, 4) is 16.9 Å². The topological polar surface area (TPSA) is 83.9 Å². The maximum atomic E-state index is 14.5. The van der Waals surface area contributed by atoms with Gasteiger partial charge in [-0.3, -0.25) is 4.79 Å². The lowest BCUT2D eigenvalue weighted by Gasteiger charge is -2.33. The van der Waals surface area contributed by atoms with Crippen molar-refractivity contribution >= 4 is 27.6 Å². The maximum absolute atomic E-state index is 14.5. The Hall–Kier alpha value is -2.94. The molecule has 0 unspecified atom stereocenters.